The highest BCUT2D eigenvalue weighted by atomic mass is 35.5. The lowest BCUT2D eigenvalue weighted by atomic mass is 10.1. The molecular weight excluding hydrogens is 265 g/mol. The van der Waals surface area contributed by atoms with Gasteiger partial charge in [-0.25, -0.2) is 4.98 Å². The monoisotopic (exact) mass is 278 g/mol. The van der Waals surface area contributed by atoms with Gasteiger partial charge in [-0.05, 0) is 37.3 Å². The van der Waals surface area contributed by atoms with Crippen LogP contribution in [0.3, 0.4) is 0 Å². The van der Waals surface area contributed by atoms with Crippen molar-refractivity contribution in [1.82, 2.24) is 4.98 Å². The predicted molar refractivity (Wildman–Crippen MR) is 64.7 cm³/mol. The zero-order chi connectivity index (χ0) is 13.2. The molecule has 1 aromatic heterocycles. The van der Waals surface area contributed by atoms with Crippen molar-refractivity contribution in [1.29, 1.82) is 0 Å². The fourth-order valence-electron chi connectivity index (χ4n) is 2.11. The Balaban J connectivity index is 1.87. The molecule has 2 rings (SSSR count). The molecule has 2 unspecified atom stereocenters. The van der Waals surface area contributed by atoms with Crippen LogP contribution in [-0.4, -0.2) is 16.9 Å². The third-order valence-corrected chi connectivity index (χ3v) is 3.54. The van der Waals surface area contributed by atoms with Crippen molar-refractivity contribution in [2.75, 3.05) is 11.9 Å². The van der Waals surface area contributed by atoms with E-state index in [1.807, 2.05) is 0 Å². The Hall–Kier alpha value is -0.970. The van der Waals surface area contributed by atoms with E-state index in [9.17, 15) is 13.2 Å². The van der Waals surface area contributed by atoms with Crippen LogP contribution in [0.1, 0.15) is 24.8 Å². The zero-order valence-electron chi connectivity index (χ0n) is 9.67. The fourth-order valence-corrected chi connectivity index (χ4v) is 2.49. The smallest absolute Gasteiger partial charge is 0.370 e. The molecule has 1 fully saturated rings. The minimum Gasteiger partial charge on any atom is -0.370 e. The largest absolute Gasteiger partial charge is 0.417 e. The van der Waals surface area contributed by atoms with Crippen molar-refractivity contribution in [3.63, 3.8) is 0 Å². The summed E-state index contributed by atoms with van der Waals surface area (Å²) in [7, 11) is 0. The van der Waals surface area contributed by atoms with Crippen molar-refractivity contribution in [2.45, 2.75) is 30.8 Å². The molecule has 0 bridgehead atoms. The molecule has 1 N–H and O–H groups in total. The number of rotatable bonds is 3. The summed E-state index contributed by atoms with van der Waals surface area (Å²) in [4.78, 5) is 3.76. The van der Waals surface area contributed by atoms with E-state index in [-0.39, 0.29) is 5.38 Å². The maximum Gasteiger partial charge on any atom is 0.417 e. The minimum absolute atomic E-state index is 0.234. The molecule has 0 amide bonds. The number of hydrogen-bond donors (Lipinski definition) is 1. The molecule has 0 radical (unpaired) electrons. The van der Waals surface area contributed by atoms with Crippen LogP contribution in [0.15, 0.2) is 18.3 Å². The summed E-state index contributed by atoms with van der Waals surface area (Å²) in [6.45, 7) is 0.710. The lowest BCUT2D eigenvalue weighted by Crippen LogP contribution is -2.13. The van der Waals surface area contributed by atoms with Crippen molar-refractivity contribution >= 4 is 17.4 Å². The number of nitrogens with zero attached hydrogens (tertiary/aromatic N) is 1. The molecule has 0 aliphatic heterocycles. The first-order valence-corrected chi connectivity index (χ1v) is 6.30. The van der Waals surface area contributed by atoms with E-state index in [1.165, 1.54) is 6.07 Å². The lowest BCUT2D eigenvalue weighted by Gasteiger charge is -2.12. The van der Waals surface area contributed by atoms with Gasteiger partial charge in [0.25, 0.3) is 0 Å². The van der Waals surface area contributed by atoms with Crippen molar-refractivity contribution < 1.29 is 13.2 Å². The topological polar surface area (TPSA) is 24.9 Å². The molecule has 6 heteroatoms. The Labute approximate surface area is 109 Å². The summed E-state index contributed by atoms with van der Waals surface area (Å²) in [6, 6.07) is 2.39. The average Bonchev–Trinajstić information content (AvgIpc) is 2.72. The summed E-state index contributed by atoms with van der Waals surface area (Å²) in [6.07, 6.45) is -0.463. The van der Waals surface area contributed by atoms with Crippen LogP contribution in [-0.2, 0) is 6.18 Å². The molecule has 0 aromatic carbocycles. The van der Waals surface area contributed by atoms with Crippen molar-refractivity contribution in [2.24, 2.45) is 5.92 Å². The van der Waals surface area contributed by atoms with E-state index in [0.717, 1.165) is 31.5 Å². The molecular formula is C12H14ClF3N2. The molecule has 2 nitrogen and oxygen atoms in total. The molecule has 1 aliphatic rings. The Morgan fingerprint density at radius 3 is 2.61 bits per heavy atom. The van der Waals surface area contributed by atoms with Gasteiger partial charge in [0, 0.05) is 18.1 Å². The van der Waals surface area contributed by atoms with E-state index in [2.05, 4.69) is 10.3 Å². The second kappa shape index (κ2) is 5.34. The van der Waals surface area contributed by atoms with Crippen LogP contribution in [0.25, 0.3) is 0 Å². The third-order valence-electron chi connectivity index (χ3n) is 3.14. The highest BCUT2D eigenvalue weighted by Crippen LogP contribution is 2.30. The molecule has 1 aromatic rings. The highest BCUT2D eigenvalue weighted by molar-refractivity contribution is 6.20. The maximum absolute atomic E-state index is 12.3. The first-order valence-electron chi connectivity index (χ1n) is 5.86. The van der Waals surface area contributed by atoms with Crippen LogP contribution in [0.5, 0.6) is 0 Å². The Morgan fingerprint density at radius 2 is 2.11 bits per heavy atom. The van der Waals surface area contributed by atoms with E-state index in [4.69, 9.17) is 11.6 Å². The summed E-state index contributed by atoms with van der Waals surface area (Å²) < 4.78 is 37.0. The second-order valence-electron chi connectivity index (χ2n) is 4.59. The second-order valence-corrected chi connectivity index (χ2v) is 5.20. The molecule has 1 aliphatic carbocycles. The Morgan fingerprint density at radius 1 is 1.33 bits per heavy atom. The van der Waals surface area contributed by atoms with Crippen LogP contribution >= 0.6 is 11.6 Å². The molecule has 2 atom stereocenters. The summed E-state index contributed by atoms with van der Waals surface area (Å²) in [5.41, 5.74) is -0.727. The van der Waals surface area contributed by atoms with Crippen LogP contribution < -0.4 is 5.32 Å². The number of anilines is 1. The molecule has 1 saturated carbocycles. The maximum atomic E-state index is 12.3. The van der Waals surface area contributed by atoms with Gasteiger partial charge in [-0.1, -0.05) is 0 Å². The standard InChI is InChI=1S/C12H14ClF3N2/c13-10-3-1-8(5-10)6-17-11-4-2-9(7-18-11)12(14,15)16/h2,4,7-8,10H,1,3,5-6H2,(H,17,18). The third kappa shape index (κ3) is 3.51. The first-order chi connectivity index (χ1) is 8.45. The van der Waals surface area contributed by atoms with E-state index in [1.54, 1.807) is 0 Å². The van der Waals surface area contributed by atoms with Gasteiger partial charge in [-0.2, -0.15) is 13.2 Å². The van der Waals surface area contributed by atoms with Gasteiger partial charge in [0.1, 0.15) is 5.82 Å². The summed E-state index contributed by atoms with van der Waals surface area (Å²) >= 11 is 5.99. The Kier molecular flexibility index (Phi) is 4.00. The van der Waals surface area contributed by atoms with Crippen molar-refractivity contribution in [3.8, 4) is 0 Å². The Bertz CT molecular complexity index is 391. The minimum atomic E-state index is -4.33. The van der Waals surface area contributed by atoms with Crippen LogP contribution in [0.4, 0.5) is 19.0 Å². The average molecular weight is 279 g/mol. The highest BCUT2D eigenvalue weighted by Gasteiger charge is 2.30. The van der Waals surface area contributed by atoms with Gasteiger partial charge in [0.2, 0.25) is 0 Å². The zero-order valence-corrected chi connectivity index (χ0v) is 10.4. The molecule has 1 heterocycles. The number of nitrogens with one attached hydrogen (secondary N) is 1. The number of alkyl halides is 4. The van der Waals surface area contributed by atoms with Gasteiger partial charge in [0.15, 0.2) is 0 Å². The number of halogens is 4. The molecule has 18 heavy (non-hydrogen) atoms. The van der Waals surface area contributed by atoms with E-state index in [0.29, 0.717) is 18.3 Å². The molecule has 0 spiro atoms. The number of hydrogen-bond acceptors (Lipinski definition) is 2. The quantitative estimate of drug-likeness (QED) is 0.848. The summed E-state index contributed by atoms with van der Waals surface area (Å²) in [5, 5.41) is 3.28. The number of aromatic nitrogens is 1. The normalized spacial score (nSPS) is 24.2. The van der Waals surface area contributed by atoms with Crippen LogP contribution in [0.2, 0.25) is 0 Å². The SMILES string of the molecule is FC(F)(F)c1ccc(NCC2CCC(Cl)C2)nc1. The van der Waals surface area contributed by atoms with Gasteiger partial charge in [-0.3, -0.25) is 0 Å². The van der Waals surface area contributed by atoms with Gasteiger partial charge in [-0.15, -0.1) is 11.6 Å². The van der Waals surface area contributed by atoms with E-state index < -0.39 is 11.7 Å². The van der Waals surface area contributed by atoms with Crippen LogP contribution in [0, 0.1) is 5.92 Å². The summed E-state index contributed by atoms with van der Waals surface area (Å²) in [5.74, 6) is 0.956. The van der Waals surface area contributed by atoms with Gasteiger partial charge >= 0.3 is 6.18 Å². The molecule has 0 saturated heterocycles. The first kappa shape index (κ1) is 13.5. The predicted octanol–water partition coefficient (Wildman–Crippen LogP) is 3.92. The van der Waals surface area contributed by atoms with Gasteiger partial charge in [0.05, 0.1) is 5.56 Å². The lowest BCUT2D eigenvalue weighted by molar-refractivity contribution is -0.137. The number of pyridine rings is 1. The van der Waals surface area contributed by atoms with Crippen molar-refractivity contribution in [3.05, 3.63) is 23.9 Å². The fraction of sp³-hybridized carbons (Fsp3) is 0.583. The molecule has 100 valence electrons. The van der Waals surface area contributed by atoms with E-state index >= 15 is 0 Å². The van der Waals surface area contributed by atoms with Gasteiger partial charge < -0.3 is 5.32 Å².